The summed E-state index contributed by atoms with van der Waals surface area (Å²) in [7, 11) is 1.61. The number of rotatable bonds is 7. The van der Waals surface area contributed by atoms with Gasteiger partial charge in [-0.2, -0.15) is 0 Å². The Labute approximate surface area is 176 Å². The first kappa shape index (κ1) is 19.8. The molecule has 1 unspecified atom stereocenters. The van der Waals surface area contributed by atoms with E-state index in [0.29, 0.717) is 17.9 Å². The van der Waals surface area contributed by atoms with Crippen molar-refractivity contribution < 1.29 is 14.3 Å². The minimum atomic E-state index is -0.593. The maximum atomic E-state index is 12.9. The second-order valence-corrected chi connectivity index (χ2v) is 7.18. The highest BCUT2D eigenvalue weighted by Crippen LogP contribution is 2.31. The molecule has 0 radical (unpaired) electrons. The molecule has 0 bridgehead atoms. The molecule has 0 saturated carbocycles. The van der Waals surface area contributed by atoms with Crippen molar-refractivity contribution in [2.75, 3.05) is 12.4 Å². The lowest BCUT2D eigenvalue weighted by molar-refractivity contribution is -0.122. The van der Waals surface area contributed by atoms with Crippen molar-refractivity contribution in [3.8, 4) is 11.5 Å². The van der Waals surface area contributed by atoms with Crippen LogP contribution in [0.15, 0.2) is 66.7 Å². The van der Waals surface area contributed by atoms with Crippen molar-refractivity contribution in [1.82, 2.24) is 4.57 Å². The van der Waals surface area contributed by atoms with Crippen LogP contribution in [0.2, 0.25) is 0 Å². The van der Waals surface area contributed by atoms with Crippen molar-refractivity contribution in [3.63, 3.8) is 0 Å². The predicted octanol–water partition coefficient (Wildman–Crippen LogP) is 5.62. The third kappa shape index (κ3) is 3.71. The number of hydrogen-bond acceptors (Lipinski definition) is 3. The van der Waals surface area contributed by atoms with Crippen LogP contribution in [0.4, 0.5) is 5.69 Å². The van der Waals surface area contributed by atoms with Gasteiger partial charge < -0.3 is 19.4 Å². The Morgan fingerprint density at radius 3 is 2.47 bits per heavy atom. The van der Waals surface area contributed by atoms with Crippen LogP contribution in [0.3, 0.4) is 0 Å². The summed E-state index contributed by atoms with van der Waals surface area (Å²) in [6, 6.07) is 21.7. The summed E-state index contributed by atoms with van der Waals surface area (Å²) in [6.07, 6.45) is -0.0368. The Balaban J connectivity index is 1.59. The number of carbonyl (C=O) groups is 1. The highest BCUT2D eigenvalue weighted by Gasteiger charge is 2.19. The molecule has 3 aromatic carbocycles. The Morgan fingerprint density at radius 2 is 1.70 bits per heavy atom. The molecule has 0 aliphatic heterocycles. The first-order valence-corrected chi connectivity index (χ1v) is 10.3. The van der Waals surface area contributed by atoms with Gasteiger partial charge in [0.2, 0.25) is 0 Å². The Bertz CT molecular complexity index is 1200. The largest absolute Gasteiger partial charge is 0.497 e. The van der Waals surface area contributed by atoms with E-state index in [1.54, 1.807) is 13.2 Å². The van der Waals surface area contributed by atoms with Gasteiger partial charge in [0.1, 0.15) is 11.5 Å². The van der Waals surface area contributed by atoms with Crippen molar-refractivity contribution >= 4 is 33.4 Å². The molecule has 30 heavy (non-hydrogen) atoms. The molecule has 1 amide bonds. The molecule has 1 atom stereocenters. The molecular weight excluding hydrogens is 376 g/mol. The molecule has 5 nitrogen and oxygen atoms in total. The summed E-state index contributed by atoms with van der Waals surface area (Å²) in [4.78, 5) is 12.9. The molecule has 0 fully saturated rings. The van der Waals surface area contributed by atoms with Gasteiger partial charge in [0.15, 0.2) is 6.10 Å². The monoisotopic (exact) mass is 402 g/mol. The van der Waals surface area contributed by atoms with Crippen molar-refractivity contribution in [1.29, 1.82) is 0 Å². The molecular formula is C25H26N2O3. The molecule has 0 spiro atoms. The van der Waals surface area contributed by atoms with E-state index < -0.39 is 6.10 Å². The average Bonchev–Trinajstić information content (AvgIpc) is 3.10. The standard InChI is InChI=1S/C25H26N2O3/c1-4-24(30-19-10-8-9-18(16-19)29-3)25(28)26-17-13-14-23-21(15-17)20-11-6-7-12-22(20)27(23)5-2/h6-16,24H,4-5H2,1-3H3,(H,26,28). The van der Waals surface area contributed by atoms with Crippen LogP contribution in [0.5, 0.6) is 11.5 Å². The van der Waals surface area contributed by atoms with Gasteiger partial charge in [-0.1, -0.05) is 31.2 Å². The number of aryl methyl sites for hydroxylation is 1. The van der Waals surface area contributed by atoms with Gasteiger partial charge in [-0.25, -0.2) is 0 Å². The average molecular weight is 402 g/mol. The van der Waals surface area contributed by atoms with Gasteiger partial charge in [0.05, 0.1) is 7.11 Å². The fraction of sp³-hybridized carbons (Fsp3) is 0.240. The number of fused-ring (bicyclic) bond motifs is 3. The number of anilines is 1. The molecule has 0 saturated heterocycles. The number of para-hydroxylation sites is 1. The van der Waals surface area contributed by atoms with Crippen LogP contribution >= 0.6 is 0 Å². The van der Waals surface area contributed by atoms with Crippen LogP contribution in [0.1, 0.15) is 20.3 Å². The number of ether oxygens (including phenoxy) is 2. The SMILES string of the molecule is CCC(Oc1cccc(OC)c1)C(=O)Nc1ccc2c(c1)c1ccccc1n2CC. The zero-order valence-corrected chi connectivity index (χ0v) is 17.5. The van der Waals surface area contributed by atoms with E-state index in [0.717, 1.165) is 23.1 Å². The van der Waals surface area contributed by atoms with Crippen LogP contribution in [0.25, 0.3) is 21.8 Å². The van der Waals surface area contributed by atoms with Crippen molar-refractivity contribution in [2.24, 2.45) is 0 Å². The quantitative estimate of drug-likeness (QED) is 0.437. The van der Waals surface area contributed by atoms with Crippen LogP contribution in [-0.2, 0) is 11.3 Å². The lowest BCUT2D eigenvalue weighted by Crippen LogP contribution is -2.32. The fourth-order valence-electron chi connectivity index (χ4n) is 3.86. The first-order chi connectivity index (χ1) is 14.6. The molecule has 5 heteroatoms. The van der Waals surface area contributed by atoms with Crippen molar-refractivity contribution in [3.05, 3.63) is 66.7 Å². The highest BCUT2D eigenvalue weighted by molar-refractivity contribution is 6.10. The van der Waals surface area contributed by atoms with E-state index in [4.69, 9.17) is 9.47 Å². The normalized spacial score (nSPS) is 12.1. The van der Waals surface area contributed by atoms with E-state index in [1.165, 1.54) is 10.9 Å². The van der Waals surface area contributed by atoms with Crippen LogP contribution in [0, 0.1) is 0 Å². The predicted molar refractivity (Wildman–Crippen MR) is 121 cm³/mol. The summed E-state index contributed by atoms with van der Waals surface area (Å²) in [6.45, 7) is 4.97. The first-order valence-electron chi connectivity index (χ1n) is 10.3. The fourth-order valence-corrected chi connectivity index (χ4v) is 3.86. The molecule has 0 aliphatic carbocycles. The van der Waals surface area contributed by atoms with E-state index in [2.05, 4.69) is 41.1 Å². The number of benzene rings is 3. The minimum Gasteiger partial charge on any atom is -0.497 e. The van der Waals surface area contributed by atoms with E-state index in [1.807, 2.05) is 43.3 Å². The molecule has 154 valence electrons. The van der Waals surface area contributed by atoms with Crippen LogP contribution < -0.4 is 14.8 Å². The smallest absolute Gasteiger partial charge is 0.265 e. The van der Waals surface area contributed by atoms with Crippen molar-refractivity contribution in [2.45, 2.75) is 32.9 Å². The van der Waals surface area contributed by atoms with E-state index in [-0.39, 0.29) is 5.91 Å². The van der Waals surface area contributed by atoms with Gasteiger partial charge >= 0.3 is 0 Å². The van der Waals surface area contributed by atoms with E-state index >= 15 is 0 Å². The minimum absolute atomic E-state index is 0.168. The lowest BCUT2D eigenvalue weighted by atomic mass is 10.1. The number of methoxy groups -OCH3 is 1. The topological polar surface area (TPSA) is 52.5 Å². The number of nitrogens with zero attached hydrogens (tertiary/aromatic N) is 1. The maximum absolute atomic E-state index is 12.9. The van der Waals surface area contributed by atoms with Gasteiger partial charge in [0, 0.05) is 40.1 Å². The maximum Gasteiger partial charge on any atom is 0.265 e. The lowest BCUT2D eigenvalue weighted by Gasteiger charge is -2.18. The van der Waals surface area contributed by atoms with Gasteiger partial charge in [-0.15, -0.1) is 0 Å². The Hall–Kier alpha value is -3.47. The van der Waals surface area contributed by atoms with Gasteiger partial charge in [-0.05, 0) is 49.7 Å². The zero-order chi connectivity index (χ0) is 21.1. The van der Waals surface area contributed by atoms with Gasteiger partial charge in [0.25, 0.3) is 5.91 Å². The second kappa shape index (κ2) is 8.49. The number of nitrogens with one attached hydrogen (secondary N) is 1. The summed E-state index contributed by atoms with van der Waals surface area (Å²) in [5, 5.41) is 5.34. The molecule has 0 aliphatic rings. The summed E-state index contributed by atoms with van der Waals surface area (Å²) >= 11 is 0. The molecule has 4 aromatic rings. The summed E-state index contributed by atoms with van der Waals surface area (Å²) in [5.41, 5.74) is 3.13. The zero-order valence-electron chi connectivity index (χ0n) is 17.5. The summed E-state index contributed by atoms with van der Waals surface area (Å²) in [5.74, 6) is 1.14. The Morgan fingerprint density at radius 1 is 0.933 bits per heavy atom. The van der Waals surface area contributed by atoms with Gasteiger partial charge in [-0.3, -0.25) is 4.79 Å². The number of aromatic nitrogens is 1. The second-order valence-electron chi connectivity index (χ2n) is 7.18. The third-order valence-electron chi connectivity index (χ3n) is 5.34. The number of carbonyl (C=O) groups excluding carboxylic acids is 1. The summed E-state index contributed by atoms with van der Waals surface area (Å²) < 4.78 is 13.4. The molecule has 1 heterocycles. The molecule has 4 rings (SSSR count). The molecule has 1 aromatic heterocycles. The van der Waals surface area contributed by atoms with E-state index in [9.17, 15) is 4.79 Å². The number of amides is 1. The molecule has 1 N–H and O–H groups in total. The van der Waals surface area contributed by atoms with Crippen LogP contribution in [-0.4, -0.2) is 23.7 Å². The third-order valence-corrected chi connectivity index (χ3v) is 5.34. The Kier molecular flexibility index (Phi) is 5.61. The number of hydrogen-bond donors (Lipinski definition) is 1. The highest BCUT2D eigenvalue weighted by atomic mass is 16.5.